The Morgan fingerprint density at radius 2 is 1.44 bits per heavy atom. The minimum Gasteiger partial charge on any atom is -0.444 e. The first-order chi connectivity index (χ1) is 19.5. The molecule has 7 nitrogen and oxygen atoms in total. The van der Waals surface area contributed by atoms with Crippen LogP contribution in [0.4, 0.5) is 4.79 Å². The van der Waals surface area contributed by atoms with Crippen LogP contribution >= 0.6 is 0 Å². The fourth-order valence-electron chi connectivity index (χ4n) is 4.76. The van der Waals surface area contributed by atoms with Crippen molar-refractivity contribution in [2.75, 3.05) is 6.54 Å². The van der Waals surface area contributed by atoms with E-state index in [9.17, 15) is 14.4 Å². The van der Waals surface area contributed by atoms with Gasteiger partial charge in [0.15, 0.2) is 0 Å². The maximum atomic E-state index is 14.3. The van der Waals surface area contributed by atoms with Gasteiger partial charge in [0, 0.05) is 13.1 Å². The van der Waals surface area contributed by atoms with Crippen LogP contribution in [0.15, 0.2) is 60.7 Å². The third kappa shape index (κ3) is 12.8. The number of ether oxygens (including phenoxy) is 1. The lowest BCUT2D eigenvalue weighted by Gasteiger charge is -2.35. The third-order valence-electron chi connectivity index (χ3n) is 6.72. The quantitative estimate of drug-likeness (QED) is 0.211. The Hall–Kier alpha value is -3.35. The number of hydrogen-bond donors (Lipinski definition) is 2. The van der Waals surface area contributed by atoms with E-state index in [2.05, 4.69) is 17.6 Å². The first-order valence-electron chi connectivity index (χ1n) is 15.2. The molecule has 0 fully saturated rings. The fraction of sp³-hybridized carbons (Fsp3) is 0.559. The van der Waals surface area contributed by atoms with E-state index in [-0.39, 0.29) is 17.7 Å². The summed E-state index contributed by atoms with van der Waals surface area (Å²) >= 11 is 0. The molecular weight excluding hydrogens is 514 g/mol. The van der Waals surface area contributed by atoms with E-state index in [0.717, 1.165) is 43.2 Å². The second kappa shape index (κ2) is 17.5. The Labute approximate surface area is 247 Å². The highest BCUT2D eigenvalue weighted by Crippen LogP contribution is 2.25. The van der Waals surface area contributed by atoms with Gasteiger partial charge in [0.1, 0.15) is 17.7 Å². The Morgan fingerprint density at radius 3 is 2.02 bits per heavy atom. The molecule has 7 heteroatoms. The second-order valence-electron chi connectivity index (χ2n) is 12.1. The van der Waals surface area contributed by atoms with Crippen LogP contribution in [0.3, 0.4) is 0 Å². The number of nitrogens with zero attached hydrogens (tertiary/aromatic N) is 1. The van der Waals surface area contributed by atoms with Crippen molar-refractivity contribution in [1.29, 1.82) is 0 Å². The predicted molar refractivity (Wildman–Crippen MR) is 165 cm³/mol. The summed E-state index contributed by atoms with van der Waals surface area (Å²) in [6.45, 7) is 12.3. The maximum absolute atomic E-state index is 14.3. The molecule has 0 spiro atoms. The summed E-state index contributed by atoms with van der Waals surface area (Å²) in [5.41, 5.74) is 1.01. The van der Waals surface area contributed by atoms with E-state index in [1.807, 2.05) is 74.5 Å². The van der Waals surface area contributed by atoms with Gasteiger partial charge in [-0.2, -0.15) is 0 Å². The Morgan fingerprint density at radius 1 is 0.854 bits per heavy atom. The molecule has 2 rings (SSSR count). The molecule has 0 aliphatic carbocycles. The summed E-state index contributed by atoms with van der Waals surface area (Å²) in [4.78, 5) is 42.6. The fourth-order valence-corrected chi connectivity index (χ4v) is 4.76. The van der Waals surface area contributed by atoms with Gasteiger partial charge in [-0.25, -0.2) is 4.79 Å². The number of carbonyl (C=O) groups excluding carboxylic acids is 3. The summed E-state index contributed by atoms with van der Waals surface area (Å²) in [6.07, 6.45) is 6.11. The van der Waals surface area contributed by atoms with Crippen LogP contribution in [0.5, 0.6) is 0 Å². The van der Waals surface area contributed by atoms with Crippen molar-refractivity contribution in [1.82, 2.24) is 15.5 Å². The Bertz CT molecular complexity index is 1050. The summed E-state index contributed by atoms with van der Waals surface area (Å²) in [5, 5.41) is 5.88. The molecule has 0 heterocycles. The van der Waals surface area contributed by atoms with Crippen LogP contribution in [-0.2, 0) is 20.9 Å². The van der Waals surface area contributed by atoms with Gasteiger partial charge in [-0.15, -0.1) is 0 Å². The highest BCUT2D eigenvalue weighted by Gasteiger charge is 2.36. The zero-order chi connectivity index (χ0) is 30.3. The molecule has 0 aromatic heterocycles. The molecule has 0 saturated carbocycles. The molecule has 41 heavy (non-hydrogen) atoms. The van der Waals surface area contributed by atoms with Crippen LogP contribution in [0, 0.1) is 5.92 Å². The lowest BCUT2D eigenvalue weighted by atomic mass is 9.98. The highest BCUT2D eigenvalue weighted by molar-refractivity contribution is 5.92. The number of nitrogens with one attached hydrogen (secondary N) is 2. The molecule has 2 unspecified atom stereocenters. The molecular formula is C34H51N3O4. The van der Waals surface area contributed by atoms with Gasteiger partial charge >= 0.3 is 6.09 Å². The van der Waals surface area contributed by atoms with Crippen LogP contribution < -0.4 is 10.6 Å². The first-order valence-corrected chi connectivity index (χ1v) is 15.2. The van der Waals surface area contributed by atoms with Crippen LogP contribution in [0.2, 0.25) is 0 Å². The van der Waals surface area contributed by atoms with Crippen LogP contribution in [0.25, 0.3) is 0 Å². The van der Waals surface area contributed by atoms with Gasteiger partial charge in [0.25, 0.3) is 0 Å². The van der Waals surface area contributed by atoms with E-state index in [1.165, 1.54) is 6.42 Å². The average molecular weight is 566 g/mol. The van der Waals surface area contributed by atoms with Gasteiger partial charge in [-0.1, -0.05) is 114 Å². The molecule has 0 bridgehead atoms. The third-order valence-corrected chi connectivity index (χ3v) is 6.72. The molecule has 226 valence electrons. The summed E-state index contributed by atoms with van der Waals surface area (Å²) in [7, 11) is 0. The maximum Gasteiger partial charge on any atom is 0.408 e. The smallest absolute Gasteiger partial charge is 0.408 e. The van der Waals surface area contributed by atoms with Crippen molar-refractivity contribution < 1.29 is 19.1 Å². The zero-order valence-corrected chi connectivity index (χ0v) is 25.9. The van der Waals surface area contributed by atoms with Crippen LogP contribution in [0.1, 0.15) is 104 Å². The number of hydrogen-bond acceptors (Lipinski definition) is 4. The van der Waals surface area contributed by atoms with Crippen molar-refractivity contribution in [2.45, 2.75) is 111 Å². The monoisotopic (exact) mass is 565 g/mol. The molecule has 0 aliphatic rings. The zero-order valence-electron chi connectivity index (χ0n) is 25.9. The molecule has 0 radical (unpaired) electrons. The topological polar surface area (TPSA) is 87.7 Å². The predicted octanol–water partition coefficient (Wildman–Crippen LogP) is 7.17. The van der Waals surface area contributed by atoms with Crippen LogP contribution in [-0.4, -0.2) is 41.0 Å². The number of carbonyl (C=O) groups is 3. The molecule has 0 aliphatic heterocycles. The lowest BCUT2D eigenvalue weighted by Crippen LogP contribution is -2.53. The van der Waals surface area contributed by atoms with Gasteiger partial charge in [-0.3, -0.25) is 9.59 Å². The number of rotatable bonds is 16. The Kier molecular flexibility index (Phi) is 14.4. The highest BCUT2D eigenvalue weighted by atomic mass is 16.6. The molecule has 2 aromatic carbocycles. The van der Waals surface area contributed by atoms with E-state index < -0.39 is 23.8 Å². The standard InChI is InChI=1S/C34H51N3O4/c1-7-8-9-10-11-18-23-37(32(39)29(24-26(2)3)36-33(40)41-34(4,5)6)30(28-21-16-13-17-22-28)31(38)35-25-27-19-14-12-15-20-27/h12-17,19-22,26,29-30H,7-11,18,23-25H2,1-6H3,(H,35,38)(H,36,40). The van der Waals surface area contributed by atoms with E-state index in [0.29, 0.717) is 19.5 Å². The van der Waals surface area contributed by atoms with Gasteiger partial charge < -0.3 is 20.3 Å². The Balaban J connectivity index is 2.40. The van der Waals surface area contributed by atoms with Gasteiger partial charge in [-0.05, 0) is 50.7 Å². The van der Waals surface area contributed by atoms with Crippen molar-refractivity contribution >= 4 is 17.9 Å². The van der Waals surface area contributed by atoms with Crippen molar-refractivity contribution in [2.24, 2.45) is 5.92 Å². The number of alkyl carbamates (subject to hydrolysis) is 1. The van der Waals surface area contributed by atoms with Crippen molar-refractivity contribution in [3.05, 3.63) is 71.8 Å². The number of amides is 3. The summed E-state index contributed by atoms with van der Waals surface area (Å²) < 4.78 is 5.50. The van der Waals surface area contributed by atoms with E-state index in [4.69, 9.17) is 4.74 Å². The lowest BCUT2D eigenvalue weighted by molar-refractivity contribution is -0.143. The minimum atomic E-state index is -0.835. The SMILES string of the molecule is CCCCCCCCN(C(=O)C(CC(C)C)NC(=O)OC(C)(C)C)C(C(=O)NCc1ccccc1)c1ccccc1. The van der Waals surface area contributed by atoms with Crippen molar-refractivity contribution in [3.8, 4) is 0 Å². The van der Waals surface area contributed by atoms with Crippen molar-refractivity contribution in [3.63, 3.8) is 0 Å². The number of unbranched alkanes of at least 4 members (excludes halogenated alkanes) is 5. The summed E-state index contributed by atoms with van der Waals surface area (Å²) in [5.74, 6) is -0.390. The normalized spacial score (nSPS) is 12.9. The molecule has 3 amide bonds. The molecule has 0 saturated heterocycles. The minimum absolute atomic E-state index is 0.136. The molecule has 2 atom stereocenters. The van der Waals surface area contributed by atoms with Gasteiger partial charge in [0.05, 0.1) is 0 Å². The average Bonchev–Trinajstić information content (AvgIpc) is 2.92. The van der Waals surface area contributed by atoms with E-state index in [1.54, 1.807) is 25.7 Å². The van der Waals surface area contributed by atoms with Gasteiger partial charge in [0.2, 0.25) is 11.8 Å². The summed E-state index contributed by atoms with van der Waals surface area (Å²) in [6, 6.07) is 17.5. The number of benzene rings is 2. The van der Waals surface area contributed by atoms with E-state index >= 15 is 0 Å². The molecule has 2 aromatic rings. The molecule has 2 N–H and O–H groups in total. The largest absolute Gasteiger partial charge is 0.444 e. The first kappa shape index (κ1) is 33.9. The second-order valence-corrected chi connectivity index (χ2v) is 12.1.